The lowest BCUT2D eigenvalue weighted by atomic mass is 9.92. The molecule has 3 aliphatic rings. The minimum absolute atomic E-state index is 0.127. The number of aromatic nitrogens is 2. The Bertz CT molecular complexity index is 1110. The highest BCUT2D eigenvalue weighted by Gasteiger charge is 2.35. The summed E-state index contributed by atoms with van der Waals surface area (Å²) in [5, 5.41) is 5.43. The van der Waals surface area contributed by atoms with Crippen molar-refractivity contribution in [2.24, 2.45) is 5.92 Å². The number of hydrogen-bond acceptors (Lipinski definition) is 7. The first-order valence-corrected chi connectivity index (χ1v) is 10.4. The van der Waals surface area contributed by atoms with Crippen LogP contribution in [0.3, 0.4) is 0 Å². The monoisotopic (exact) mass is 425 g/mol. The van der Waals surface area contributed by atoms with Crippen LogP contribution in [0.25, 0.3) is 0 Å². The van der Waals surface area contributed by atoms with Gasteiger partial charge in [0.15, 0.2) is 11.5 Å². The molecule has 2 amide bonds. The fourth-order valence-corrected chi connectivity index (χ4v) is 4.32. The summed E-state index contributed by atoms with van der Waals surface area (Å²) in [5.74, 6) is 0.437. The molecule has 31 heavy (non-hydrogen) atoms. The molecule has 2 atom stereocenters. The van der Waals surface area contributed by atoms with E-state index in [1.165, 1.54) is 0 Å². The number of anilines is 3. The van der Waals surface area contributed by atoms with Crippen molar-refractivity contribution in [2.45, 2.75) is 32.1 Å². The van der Waals surface area contributed by atoms with Gasteiger partial charge in [-0.05, 0) is 30.9 Å². The highest BCUT2D eigenvalue weighted by Crippen LogP contribution is 2.35. The number of fused-ring (bicyclic) bond motifs is 2. The van der Waals surface area contributed by atoms with Crippen LogP contribution < -0.4 is 30.6 Å². The van der Waals surface area contributed by atoms with Gasteiger partial charge in [0.25, 0.3) is 5.56 Å². The lowest BCUT2D eigenvalue weighted by molar-refractivity contribution is -0.123. The van der Waals surface area contributed by atoms with E-state index < -0.39 is 17.4 Å². The molecule has 1 saturated heterocycles. The van der Waals surface area contributed by atoms with Gasteiger partial charge in [-0.2, -0.15) is 4.98 Å². The van der Waals surface area contributed by atoms with Crippen molar-refractivity contribution in [1.82, 2.24) is 9.97 Å². The van der Waals surface area contributed by atoms with Crippen LogP contribution in [0.5, 0.6) is 11.5 Å². The molecule has 0 aliphatic carbocycles. The fraction of sp³-hybridized carbons (Fsp3) is 0.429. The van der Waals surface area contributed by atoms with Gasteiger partial charge in [0.2, 0.25) is 24.6 Å². The summed E-state index contributed by atoms with van der Waals surface area (Å²) < 4.78 is 10.6. The highest BCUT2D eigenvalue weighted by molar-refractivity contribution is 6.04. The van der Waals surface area contributed by atoms with Gasteiger partial charge in [0, 0.05) is 31.3 Å². The number of amides is 2. The van der Waals surface area contributed by atoms with Crippen LogP contribution in [-0.4, -0.2) is 41.7 Å². The van der Waals surface area contributed by atoms with Crippen LogP contribution in [0.1, 0.15) is 37.7 Å². The smallest absolute Gasteiger partial charge is 0.258 e. The van der Waals surface area contributed by atoms with Gasteiger partial charge in [0.05, 0.1) is 11.5 Å². The summed E-state index contributed by atoms with van der Waals surface area (Å²) >= 11 is 0. The molecule has 1 aromatic carbocycles. The molecule has 0 saturated carbocycles. The Balaban J connectivity index is 1.43. The van der Waals surface area contributed by atoms with E-state index in [1.54, 1.807) is 18.2 Å². The summed E-state index contributed by atoms with van der Waals surface area (Å²) in [6, 6.07) is 5.02. The molecule has 1 aromatic heterocycles. The molecular formula is C21H23N5O5. The van der Waals surface area contributed by atoms with Crippen LogP contribution in [0.4, 0.5) is 17.5 Å². The molecule has 0 spiro atoms. The van der Waals surface area contributed by atoms with Gasteiger partial charge in [0.1, 0.15) is 5.82 Å². The second kappa shape index (κ2) is 7.60. The van der Waals surface area contributed by atoms with Crippen molar-refractivity contribution in [2.75, 3.05) is 35.4 Å². The summed E-state index contributed by atoms with van der Waals surface area (Å²) in [6.45, 7) is 3.85. The number of piperidine rings is 1. The Morgan fingerprint density at radius 3 is 2.94 bits per heavy atom. The van der Waals surface area contributed by atoms with Crippen molar-refractivity contribution in [3.8, 4) is 11.5 Å². The number of aromatic amines is 1. The summed E-state index contributed by atoms with van der Waals surface area (Å²) in [5.41, 5.74) is 0.251. The molecule has 2 aromatic rings. The third kappa shape index (κ3) is 3.69. The summed E-state index contributed by atoms with van der Waals surface area (Å²) in [4.78, 5) is 47.6. The molecule has 1 fully saturated rings. The molecule has 10 nitrogen and oxygen atoms in total. The number of nitrogens with zero attached hydrogens (tertiary/aromatic N) is 2. The normalized spacial score (nSPS) is 22.0. The SMILES string of the molecule is C[C@@H]1CCCN(c2nc3c(c(=O)[nH]2)[C@@H](C(=O)Nc2ccc4c(c2)OCO4)CC(=O)N3)C1. The van der Waals surface area contributed by atoms with E-state index in [4.69, 9.17) is 9.47 Å². The topological polar surface area (TPSA) is 126 Å². The highest BCUT2D eigenvalue weighted by atomic mass is 16.7. The standard InChI is InChI=1S/C21H23N5O5/c1-11-3-2-6-26(9-11)21-24-18-17(20(29)25-21)13(8-16(27)23-18)19(28)22-12-4-5-14-15(7-12)31-10-30-14/h4-5,7,11,13H,2-3,6,8-10H2,1H3,(H,22,28)(H2,23,24,25,27,29)/t11-,13+/m1/s1. The van der Waals surface area contributed by atoms with Crippen LogP contribution in [0.15, 0.2) is 23.0 Å². The number of nitrogens with one attached hydrogen (secondary N) is 3. The molecule has 5 rings (SSSR count). The first-order valence-electron chi connectivity index (χ1n) is 10.4. The van der Waals surface area contributed by atoms with E-state index in [-0.39, 0.29) is 30.5 Å². The lowest BCUT2D eigenvalue weighted by Gasteiger charge is -2.32. The van der Waals surface area contributed by atoms with Gasteiger partial charge >= 0.3 is 0 Å². The quantitative estimate of drug-likeness (QED) is 0.685. The molecule has 0 bridgehead atoms. The zero-order valence-electron chi connectivity index (χ0n) is 17.1. The molecule has 162 valence electrons. The summed E-state index contributed by atoms with van der Waals surface area (Å²) in [7, 11) is 0. The number of hydrogen-bond donors (Lipinski definition) is 3. The second-order valence-electron chi connectivity index (χ2n) is 8.21. The predicted octanol–water partition coefficient (Wildman–Crippen LogP) is 1.80. The Morgan fingerprint density at radius 2 is 2.10 bits per heavy atom. The van der Waals surface area contributed by atoms with E-state index in [0.29, 0.717) is 29.1 Å². The third-order valence-electron chi connectivity index (χ3n) is 5.85. The van der Waals surface area contributed by atoms with Gasteiger partial charge in [-0.1, -0.05) is 6.92 Å². The van der Waals surface area contributed by atoms with Gasteiger partial charge in [-0.3, -0.25) is 19.4 Å². The van der Waals surface area contributed by atoms with Crippen LogP contribution >= 0.6 is 0 Å². The number of ether oxygens (including phenoxy) is 2. The van der Waals surface area contributed by atoms with Gasteiger partial charge < -0.3 is 25.0 Å². The number of carbonyl (C=O) groups excluding carboxylic acids is 2. The van der Waals surface area contributed by atoms with Crippen molar-refractivity contribution >= 4 is 29.3 Å². The van der Waals surface area contributed by atoms with Gasteiger partial charge in [-0.25, -0.2) is 0 Å². The Hall–Kier alpha value is -3.56. The van der Waals surface area contributed by atoms with E-state index in [1.807, 2.05) is 4.90 Å². The molecule has 0 radical (unpaired) electrons. The maximum absolute atomic E-state index is 13.0. The van der Waals surface area contributed by atoms with Crippen LogP contribution in [-0.2, 0) is 9.59 Å². The maximum atomic E-state index is 13.0. The first-order chi connectivity index (χ1) is 15.0. The largest absolute Gasteiger partial charge is 0.454 e. The summed E-state index contributed by atoms with van der Waals surface area (Å²) in [6.07, 6.45) is 2.01. The molecule has 3 aliphatic heterocycles. The molecule has 10 heteroatoms. The minimum atomic E-state index is -0.945. The zero-order chi connectivity index (χ0) is 21.5. The van der Waals surface area contributed by atoms with Gasteiger partial charge in [-0.15, -0.1) is 0 Å². The van der Waals surface area contributed by atoms with E-state index in [9.17, 15) is 14.4 Å². The molecular weight excluding hydrogens is 402 g/mol. The van der Waals surface area contributed by atoms with E-state index >= 15 is 0 Å². The first kappa shape index (κ1) is 19.4. The van der Waals surface area contributed by atoms with E-state index in [2.05, 4.69) is 27.5 Å². The van der Waals surface area contributed by atoms with Crippen molar-refractivity contribution in [3.63, 3.8) is 0 Å². The third-order valence-corrected chi connectivity index (χ3v) is 5.85. The van der Waals surface area contributed by atoms with E-state index in [0.717, 1.165) is 25.9 Å². The average molecular weight is 425 g/mol. The number of rotatable bonds is 3. The predicted molar refractivity (Wildman–Crippen MR) is 113 cm³/mol. The van der Waals surface area contributed by atoms with Crippen molar-refractivity contribution in [1.29, 1.82) is 0 Å². The Morgan fingerprint density at radius 1 is 1.26 bits per heavy atom. The minimum Gasteiger partial charge on any atom is -0.454 e. The van der Waals surface area contributed by atoms with Crippen molar-refractivity contribution < 1.29 is 19.1 Å². The molecule has 3 N–H and O–H groups in total. The average Bonchev–Trinajstić information content (AvgIpc) is 3.20. The fourth-order valence-electron chi connectivity index (χ4n) is 4.32. The van der Waals surface area contributed by atoms with Crippen molar-refractivity contribution in [3.05, 3.63) is 34.1 Å². The second-order valence-corrected chi connectivity index (χ2v) is 8.21. The Labute approximate surface area is 177 Å². The number of carbonyl (C=O) groups is 2. The van der Waals surface area contributed by atoms with Crippen LogP contribution in [0.2, 0.25) is 0 Å². The molecule has 4 heterocycles. The number of H-pyrrole nitrogens is 1. The van der Waals surface area contributed by atoms with Crippen LogP contribution in [0, 0.1) is 5.92 Å². The number of benzene rings is 1. The molecule has 0 unspecified atom stereocenters. The lowest BCUT2D eigenvalue weighted by Crippen LogP contribution is -2.40. The maximum Gasteiger partial charge on any atom is 0.258 e. The Kier molecular flexibility index (Phi) is 4.76. The zero-order valence-corrected chi connectivity index (χ0v) is 17.1.